The second-order valence-corrected chi connectivity index (χ2v) is 4.40. The van der Waals surface area contributed by atoms with Crippen molar-refractivity contribution >= 4 is 0 Å². The van der Waals surface area contributed by atoms with Gasteiger partial charge in [0, 0.05) is 5.41 Å². The Morgan fingerprint density at radius 2 is 1.93 bits per heavy atom. The number of allylic oxidation sites excluding steroid dienone is 1. The van der Waals surface area contributed by atoms with Crippen molar-refractivity contribution in [1.29, 1.82) is 0 Å². The molecular formula is C13H18O. The fourth-order valence-electron chi connectivity index (χ4n) is 1.51. The molecule has 0 amide bonds. The predicted octanol–water partition coefficient (Wildman–Crippen LogP) is 3.55. The topological polar surface area (TPSA) is 20.2 Å². The first-order valence-electron chi connectivity index (χ1n) is 4.82. The molecule has 1 aromatic rings. The molecule has 1 nitrogen and oxygen atoms in total. The van der Waals surface area contributed by atoms with Crippen LogP contribution in [-0.4, -0.2) is 5.11 Å². The number of hydrogen-bond acceptors (Lipinski definition) is 1. The van der Waals surface area contributed by atoms with E-state index >= 15 is 0 Å². The van der Waals surface area contributed by atoms with Crippen molar-refractivity contribution in [3.8, 4) is 5.75 Å². The molecule has 0 saturated heterocycles. The summed E-state index contributed by atoms with van der Waals surface area (Å²) >= 11 is 0. The minimum atomic E-state index is -0.0805. The average molecular weight is 190 g/mol. The van der Waals surface area contributed by atoms with Crippen LogP contribution >= 0.6 is 0 Å². The summed E-state index contributed by atoms with van der Waals surface area (Å²) in [5.74, 6) is 0.319. The molecule has 0 radical (unpaired) electrons. The van der Waals surface area contributed by atoms with Gasteiger partial charge in [-0.15, -0.1) is 0 Å². The lowest BCUT2D eigenvalue weighted by molar-refractivity contribution is 0.471. The second kappa shape index (κ2) is 3.49. The number of phenols is 1. The molecule has 1 rings (SSSR count). The minimum absolute atomic E-state index is 0.0805. The molecule has 1 N–H and O–H groups in total. The largest absolute Gasteiger partial charge is 0.508 e. The van der Waals surface area contributed by atoms with E-state index in [0.717, 1.165) is 11.1 Å². The number of hydrogen-bond donors (Lipinski definition) is 1. The zero-order chi connectivity index (χ0) is 10.9. The molecular weight excluding hydrogens is 172 g/mol. The first-order valence-corrected chi connectivity index (χ1v) is 4.82. The van der Waals surface area contributed by atoms with Gasteiger partial charge < -0.3 is 5.11 Å². The fraction of sp³-hybridized carbons (Fsp3) is 0.385. The van der Waals surface area contributed by atoms with E-state index in [-0.39, 0.29) is 5.41 Å². The number of phenolic OH excluding ortho intramolecular Hbond substituents is 1. The van der Waals surface area contributed by atoms with E-state index < -0.39 is 0 Å². The van der Waals surface area contributed by atoms with E-state index in [1.165, 1.54) is 5.56 Å². The van der Waals surface area contributed by atoms with Crippen LogP contribution in [0.15, 0.2) is 30.4 Å². The number of rotatable bonds is 2. The van der Waals surface area contributed by atoms with E-state index in [9.17, 15) is 5.11 Å². The van der Waals surface area contributed by atoms with Crippen LogP contribution in [0.5, 0.6) is 5.75 Å². The van der Waals surface area contributed by atoms with Crippen molar-refractivity contribution in [1.82, 2.24) is 0 Å². The van der Waals surface area contributed by atoms with Gasteiger partial charge in [-0.05, 0) is 37.1 Å². The summed E-state index contributed by atoms with van der Waals surface area (Å²) in [4.78, 5) is 0. The lowest BCUT2D eigenvalue weighted by Gasteiger charge is -2.27. The Morgan fingerprint density at radius 3 is 2.43 bits per heavy atom. The summed E-state index contributed by atoms with van der Waals surface area (Å²) in [6.45, 7) is 12.3. The van der Waals surface area contributed by atoms with E-state index in [1.54, 1.807) is 6.07 Å². The summed E-state index contributed by atoms with van der Waals surface area (Å²) in [5, 5.41) is 9.45. The molecule has 14 heavy (non-hydrogen) atoms. The molecule has 0 heterocycles. The SMILES string of the molecule is C=C(C)C(C)(C)c1cc(O)ccc1C. The molecule has 0 unspecified atom stereocenters. The molecule has 1 heteroatoms. The molecule has 0 aromatic heterocycles. The Bertz CT molecular complexity index is 361. The molecule has 76 valence electrons. The highest BCUT2D eigenvalue weighted by atomic mass is 16.3. The van der Waals surface area contributed by atoms with Crippen LogP contribution in [-0.2, 0) is 5.41 Å². The molecule has 0 fully saturated rings. The van der Waals surface area contributed by atoms with Crippen LogP contribution in [0.2, 0.25) is 0 Å². The summed E-state index contributed by atoms with van der Waals surface area (Å²) in [7, 11) is 0. The fourth-order valence-corrected chi connectivity index (χ4v) is 1.51. The molecule has 0 aliphatic rings. The van der Waals surface area contributed by atoms with Gasteiger partial charge in [0.1, 0.15) is 5.75 Å². The van der Waals surface area contributed by atoms with Crippen molar-refractivity contribution in [2.45, 2.75) is 33.1 Å². The Hall–Kier alpha value is -1.24. The van der Waals surface area contributed by atoms with Crippen molar-refractivity contribution in [3.05, 3.63) is 41.5 Å². The Labute approximate surface area is 86.1 Å². The number of aromatic hydroxyl groups is 1. The number of benzene rings is 1. The zero-order valence-corrected chi connectivity index (χ0v) is 9.39. The van der Waals surface area contributed by atoms with E-state index in [1.807, 2.05) is 19.1 Å². The molecule has 1 aromatic carbocycles. The lowest BCUT2D eigenvalue weighted by atomic mass is 9.77. The predicted molar refractivity (Wildman–Crippen MR) is 60.7 cm³/mol. The molecule has 0 spiro atoms. The van der Waals surface area contributed by atoms with Gasteiger partial charge in [0.2, 0.25) is 0 Å². The average Bonchev–Trinajstić information content (AvgIpc) is 2.08. The van der Waals surface area contributed by atoms with Crippen LogP contribution in [0.1, 0.15) is 31.9 Å². The summed E-state index contributed by atoms with van der Waals surface area (Å²) in [5.41, 5.74) is 3.36. The van der Waals surface area contributed by atoms with Crippen LogP contribution in [0.4, 0.5) is 0 Å². The maximum atomic E-state index is 9.45. The quantitative estimate of drug-likeness (QED) is 0.707. The first-order chi connectivity index (χ1) is 6.35. The van der Waals surface area contributed by atoms with Crippen LogP contribution < -0.4 is 0 Å². The lowest BCUT2D eigenvalue weighted by Crippen LogP contribution is -2.19. The van der Waals surface area contributed by atoms with Crippen LogP contribution in [0.25, 0.3) is 0 Å². The van der Waals surface area contributed by atoms with Crippen LogP contribution in [0.3, 0.4) is 0 Å². The molecule has 0 aliphatic carbocycles. The van der Waals surface area contributed by atoms with Crippen molar-refractivity contribution in [2.75, 3.05) is 0 Å². The van der Waals surface area contributed by atoms with Gasteiger partial charge in [0.15, 0.2) is 0 Å². The molecule has 0 aliphatic heterocycles. The van der Waals surface area contributed by atoms with Crippen molar-refractivity contribution in [3.63, 3.8) is 0 Å². The monoisotopic (exact) mass is 190 g/mol. The second-order valence-electron chi connectivity index (χ2n) is 4.40. The maximum absolute atomic E-state index is 9.45. The smallest absolute Gasteiger partial charge is 0.115 e. The normalized spacial score (nSPS) is 11.4. The van der Waals surface area contributed by atoms with Crippen molar-refractivity contribution in [2.24, 2.45) is 0 Å². The summed E-state index contributed by atoms with van der Waals surface area (Å²) in [6, 6.07) is 5.48. The minimum Gasteiger partial charge on any atom is -0.508 e. The Balaban J connectivity index is 3.31. The van der Waals surface area contributed by atoms with E-state index in [2.05, 4.69) is 27.4 Å². The molecule has 0 saturated carbocycles. The van der Waals surface area contributed by atoms with Gasteiger partial charge in [0.05, 0.1) is 0 Å². The number of aryl methyl sites for hydroxylation is 1. The third-order valence-electron chi connectivity index (χ3n) is 2.96. The summed E-state index contributed by atoms with van der Waals surface area (Å²) < 4.78 is 0. The van der Waals surface area contributed by atoms with Gasteiger partial charge in [-0.25, -0.2) is 0 Å². The van der Waals surface area contributed by atoms with Crippen molar-refractivity contribution < 1.29 is 5.11 Å². The molecule has 0 bridgehead atoms. The zero-order valence-electron chi connectivity index (χ0n) is 9.39. The highest BCUT2D eigenvalue weighted by Gasteiger charge is 2.23. The van der Waals surface area contributed by atoms with E-state index in [0.29, 0.717) is 5.75 Å². The van der Waals surface area contributed by atoms with Gasteiger partial charge >= 0.3 is 0 Å². The van der Waals surface area contributed by atoms with Gasteiger partial charge in [-0.3, -0.25) is 0 Å². The Morgan fingerprint density at radius 1 is 1.36 bits per heavy atom. The third kappa shape index (κ3) is 1.82. The highest BCUT2D eigenvalue weighted by molar-refractivity contribution is 5.42. The maximum Gasteiger partial charge on any atom is 0.115 e. The summed E-state index contributed by atoms with van der Waals surface area (Å²) in [6.07, 6.45) is 0. The Kier molecular flexibility index (Phi) is 2.70. The van der Waals surface area contributed by atoms with Gasteiger partial charge in [-0.1, -0.05) is 32.1 Å². The highest BCUT2D eigenvalue weighted by Crippen LogP contribution is 2.34. The molecule has 0 atom stereocenters. The third-order valence-corrected chi connectivity index (χ3v) is 2.96. The standard InChI is InChI=1S/C13H18O/c1-9(2)13(4,5)12-8-11(14)7-6-10(12)3/h6-8,14H,1H2,2-5H3. The van der Waals surface area contributed by atoms with Gasteiger partial charge in [0.25, 0.3) is 0 Å². The first kappa shape index (κ1) is 10.8. The van der Waals surface area contributed by atoms with Crippen LogP contribution in [0, 0.1) is 6.92 Å². The van der Waals surface area contributed by atoms with E-state index in [4.69, 9.17) is 0 Å². The van der Waals surface area contributed by atoms with Gasteiger partial charge in [-0.2, -0.15) is 0 Å².